The minimum Gasteiger partial charge on any atom is -0.481 e. The van der Waals surface area contributed by atoms with Crippen molar-refractivity contribution in [1.29, 1.82) is 0 Å². The topological polar surface area (TPSA) is 78.4 Å². The van der Waals surface area contributed by atoms with E-state index in [0.29, 0.717) is 6.07 Å². The highest BCUT2D eigenvalue weighted by atomic mass is 35.5. The van der Waals surface area contributed by atoms with E-state index in [1.807, 2.05) is 0 Å². The number of rotatable bonds is 4. The summed E-state index contributed by atoms with van der Waals surface area (Å²) in [5.41, 5.74) is -0.372. The van der Waals surface area contributed by atoms with Crippen molar-refractivity contribution in [2.75, 3.05) is 5.32 Å². The van der Waals surface area contributed by atoms with E-state index in [9.17, 15) is 18.4 Å². The van der Waals surface area contributed by atoms with Crippen molar-refractivity contribution in [3.8, 4) is 0 Å². The molecule has 1 unspecified atom stereocenters. The Morgan fingerprint density at radius 1 is 1.42 bits per heavy atom. The van der Waals surface area contributed by atoms with Crippen LogP contribution in [0.2, 0.25) is 5.02 Å². The standard InChI is InChI=1S/C11H11ClF2N2O3/c1-5(2-9(17)18)15-11(19)16-10-7(12)3-6(13)4-8(10)14/h3-5H,2H2,1H3,(H,17,18)(H2,15,16,19). The van der Waals surface area contributed by atoms with Crippen LogP contribution in [0.4, 0.5) is 19.3 Å². The minimum atomic E-state index is -1.08. The van der Waals surface area contributed by atoms with Gasteiger partial charge < -0.3 is 15.7 Å². The molecular formula is C11H11ClF2N2O3. The zero-order valence-corrected chi connectivity index (χ0v) is 10.6. The largest absolute Gasteiger partial charge is 0.481 e. The van der Waals surface area contributed by atoms with Crippen LogP contribution < -0.4 is 10.6 Å². The second-order valence-corrected chi connectivity index (χ2v) is 4.25. The molecule has 104 valence electrons. The normalized spacial score (nSPS) is 11.8. The van der Waals surface area contributed by atoms with Gasteiger partial charge >= 0.3 is 12.0 Å². The van der Waals surface area contributed by atoms with Crippen molar-refractivity contribution in [2.45, 2.75) is 19.4 Å². The summed E-state index contributed by atoms with van der Waals surface area (Å²) in [6.45, 7) is 1.47. The van der Waals surface area contributed by atoms with E-state index in [4.69, 9.17) is 16.7 Å². The van der Waals surface area contributed by atoms with Gasteiger partial charge in [-0.05, 0) is 13.0 Å². The molecule has 5 nitrogen and oxygen atoms in total. The maximum atomic E-state index is 13.4. The van der Waals surface area contributed by atoms with Crippen LogP contribution in [-0.4, -0.2) is 23.1 Å². The summed E-state index contributed by atoms with van der Waals surface area (Å²) in [6.07, 6.45) is -0.285. The highest BCUT2D eigenvalue weighted by molar-refractivity contribution is 6.33. The van der Waals surface area contributed by atoms with E-state index in [2.05, 4.69) is 10.6 Å². The van der Waals surface area contributed by atoms with Crippen LogP contribution in [0, 0.1) is 11.6 Å². The zero-order valence-electron chi connectivity index (χ0n) is 9.84. The minimum absolute atomic E-state index is 0.285. The molecule has 1 aromatic carbocycles. The molecule has 1 rings (SSSR count). The van der Waals surface area contributed by atoms with Crippen molar-refractivity contribution in [1.82, 2.24) is 5.32 Å². The van der Waals surface area contributed by atoms with Crippen LogP contribution in [-0.2, 0) is 4.79 Å². The molecule has 0 aliphatic heterocycles. The lowest BCUT2D eigenvalue weighted by Gasteiger charge is -2.13. The van der Waals surface area contributed by atoms with Gasteiger partial charge in [0.05, 0.1) is 17.1 Å². The lowest BCUT2D eigenvalue weighted by atomic mass is 10.2. The number of anilines is 1. The second kappa shape index (κ2) is 6.33. The maximum absolute atomic E-state index is 13.4. The maximum Gasteiger partial charge on any atom is 0.319 e. The number of carbonyl (C=O) groups excluding carboxylic acids is 1. The number of carboxylic acids is 1. The third kappa shape index (κ3) is 4.70. The van der Waals surface area contributed by atoms with E-state index < -0.39 is 29.7 Å². The number of hydrogen-bond acceptors (Lipinski definition) is 2. The first-order valence-electron chi connectivity index (χ1n) is 5.23. The third-order valence-electron chi connectivity index (χ3n) is 2.10. The first-order valence-corrected chi connectivity index (χ1v) is 5.61. The molecule has 0 radical (unpaired) electrons. The molecule has 0 aliphatic rings. The molecule has 0 aliphatic carbocycles. The van der Waals surface area contributed by atoms with E-state index in [0.717, 1.165) is 6.07 Å². The highest BCUT2D eigenvalue weighted by Gasteiger charge is 2.15. The van der Waals surface area contributed by atoms with Gasteiger partial charge in [-0.25, -0.2) is 13.6 Å². The van der Waals surface area contributed by atoms with E-state index in [1.165, 1.54) is 6.92 Å². The number of urea groups is 1. The van der Waals surface area contributed by atoms with E-state index in [-0.39, 0.29) is 17.1 Å². The number of carbonyl (C=O) groups is 2. The first-order chi connectivity index (χ1) is 8.79. The van der Waals surface area contributed by atoms with Gasteiger partial charge in [-0.3, -0.25) is 4.79 Å². The fourth-order valence-corrected chi connectivity index (χ4v) is 1.59. The summed E-state index contributed by atoms with van der Waals surface area (Å²) >= 11 is 5.58. The molecule has 0 aromatic heterocycles. The van der Waals surface area contributed by atoms with Crippen molar-refractivity contribution < 1.29 is 23.5 Å². The molecule has 3 N–H and O–H groups in total. The van der Waals surface area contributed by atoms with Crippen molar-refractivity contribution >= 4 is 29.3 Å². The molecule has 8 heteroatoms. The Labute approximate surface area is 112 Å². The van der Waals surface area contributed by atoms with Gasteiger partial charge in [0.2, 0.25) is 0 Å². The van der Waals surface area contributed by atoms with Gasteiger partial charge in [-0.15, -0.1) is 0 Å². The summed E-state index contributed by atoms with van der Waals surface area (Å²) in [5, 5.41) is 12.6. The number of nitrogens with one attached hydrogen (secondary N) is 2. The van der Waals surface area contributed by atoms with Gasteiger partial charge in [0.1, 0.15) is 5.82 Å². The second-order valence-electron chi connectivity index (χ2n) is 3.84. The molecule has 2 amide bonds. The van der Waals surface area contributed by atoms with Crippen molar-refractivity contribution in [3.05, 3.63) is 28.8 Å². The Hall–Kier alpha value is -1.89. The van der Waals surface area contributed by atoms with Crippen LogP contribution in [0.1, 0.15) is 13.3 Å². The van der Waals surface area contributed by atoms with E-state index in [1.54, 1.807) is 0 Å². The third-order valence-corrected chi connectivity index (χ3v) is 2.40. The fourth-order valence-electron chi connectivity index (χ4n) is 1.35. The number of benzene rings is 1. The Kier molecular flexibility index (Phi) is 5.05. The van der Waals surface area contributed by atoms with Gasteiger partial charge in [-0.2, -0.15) is 0 Å². The van der Waals surface area contributed by atoms with Gasteiger partial charge in [-0.1, -0.05) is 11.6 Å². The van der Waals surface area contributed by atoms with Crippen LogP contribution in [0.5, 0.6) is 0 Å². The number of amides is 2. The van der Waals surface area contributed by atoms with Crippen LogP contribution in [0.15, 0.2) is 12.1 Å². The number of halogens is 3. The molecule has 1 aromatic rings. The van der Waals surface area contributed by atoms with Crippen molar-refractivity contribution in [3.63, 3.8) is 0 Å². The number of aliphatic carboxylic acids is 1. The van der Waals surface area contributed by atoms with Gasteiger partial charge in [0.15, 0.2) is 5.82 Å². The summed E-state index contributed by atoms with van der Waals surface area (Å²) in [5.74, 6) is -2.97. The molecule has 0 bridgehead atoms. The van der Waals surface area contributed by atoms with Crippen molar-refractivity contribution in [2.24, 2.45) is 0 Å². The van der Waals surface area contributed by atoms with Crippen LogP contribution >= 0.6 is 11.6 Å². The summed E-state index contributed by atoms with van der Waals surface area (Å²) in [7, 11) is 0. The molecule has 0 heterocycles. The van der Waals surface area contributed by atoms with Crippen LogP contribution in [0.25, 0.3) is 0 Å². The molecule has 0 saturated heterocycles. The SMILES string of the molecule is CC(CC(=O)O)NC(=O)Nc1c(F)cc(F)cc1Cl. The molecule has 0 saturated carbocycles. The van der Waals surface area contributed by atoms with Crippen LogP contribution in [0.3, 0.4) is 0 Å². The fraction of sp³-hybridized carbons (Fsp3) is 0.273. The molecule has 19 heavy (non-hydrogen) atoms. The average Bonchev–Trinajstić information content (AvgIpc) is 2.21. The van der Waals surface area contributed by atoms with Gasteiger partial charge in [0, 0.05) is 12.1 Å². The predicted molar refractivity (Wildman–Crippen MR) is 65.2 cm³/mol. The Morgan fingerprint density at radius 2 is 2.05 bits per heavy atom. The Morgan fingerprint density at radius 3 is 2.58 bits per heavy atom. The summed E-state index contributed by atoms with van der Waals surface area (Å²) in [4.78, 5) is 21.9. The number of hydrogen-bond donors (Lipinski definition) is 3. The predicted octanol–water partition coefficient (Wildman–Crippen LogP) is 2.60. The van der Waals surface area contributed by atoms with Gasteiger partial charge in [0.25, 0.3) is 0 Å². The average molecular weight is 293 g/mol. The monoisotopic (exact) mass is 292 g/mol. The number of carboxylic acid groups (broad SMARTS) is 1. The van der Waals surface area contributed by atoms with E-state index >= 15 is 0 Å². The smallest absolute Gasteiger partial charge is 0.319 e. The lowest BCUT2D eigenvalue weighted by Crippen LogP contribution is -2.37. The molecule has 0 fully saturated rings. The lowest BCUT2D eigenvalue weighted by molar-refractivity contribution is -0.137. The highest BCUT2D eigenvalue weighted by Crippen LogP contribution is 2.26. The Balaban J connectivity index is 2.70. The molecule has 0 spiro atoms. The summed E-state index contributed by atoms with van der Waals surface area (Å²) in [6, 6.07) is -0.0655. The molecular weight excluding hydrogens is 282 g/mol. The first kappa shape index (κ1) is 15.2. The zero-order chi connectivity index (χ0) is 14.6. The summed E-state index contributed by atoms with van der Waals surface area (Å²) < 4.78 is 26.1. The quantitative estimate of drug-likeness (QED) is 0.798. The molecule has 1 atom stereocenters. The Bertz CT molecular complexity index is 488.